The summed E-state index contributed by atoms with van der Waals surface area (Å²) in [5, 5.41) is 3.65. The molecule has 96 valence electrons. The van der Waals surface area contributed by atoms with Crippen LogP contribution >= 0.6 is 15.9 Å². The van der Waals surface area contributed by atoms with Gasteiger partial charge in [-0.3, -0.25) is 0 Å². The van der Waals surface area contributed by atoms with E-state index in [-0.39, 0.29) is 16.2 Å². The monoisotopic (exact) mass is 320 g/mol. The summed E-state index contributed by atoms with van der Waals surface area (Å²) in [6.45, 7) is 1.78. The van der Waals surface area contributed by atoms with Gasteiger partial charge in [0.1, 0.15) is 0 Å². The fourth-order valence-corrected chi connectivity index (χ4v) is 1.53. The van der Waals surface area contributed by atoms with E-state index in [2.05, 4.69) is 26.1 Å². The summed E-state index contributed by atoms with van der Waals surface area (Å²) < 4.78 is 42.6. The van der Waals surface area contributed by atoms with Crippen molar-refractivity contribution in [3.63, 3.8) is 0 Å². The standard InChI is InChI=1S/C11H8BrF3N2O/c1-6(12)10-16-9(17-18-10)7-3-2-4-8(5-7)11(13,14)15/h2-6H,1H3/t6-/m1/s1. The number of alkyl halides is 4. The van der Waals surface area contributed by atoms with E-state index < -0.39 is 11.7 Å². The molecule has 0 amide bonds. The number of nitrogens with zero attached hydrogens (tertiary/aromatic N) is 2. The van der Waals surface area contributed by atoms with Gasteiger partial charge in [-0.1, -0.05) is 33.2 Å². The Morgan fingerprint density at radius 1 is 1.33 bits per heavy atom. The average Bonchev–Trinajstić information content (AvgIpc) is 2.77. The zero-order chi connectivity index (χ0) is 13.3. The molecule has 0 saturated carbocycles. The van der Waals surface area contributed by atoms with Gasteiger partial charge in [0.25, 0.3) is 0 Å². The van der Waals surface area contributed by atoms with E-state index in [4.69, 9.17) is 4.52 Å². The fourth-order valence-electron chi connectivity index (χ4n) is 1.35. The fraction of sp³-hybridized carbons (Fsp3) is 0.273. The molecular weight excluding hydrogens is 313 g/mol. The highest BCUT2D eigenvalue weighted by Crippen LogP contribution is 2.32. The van der Waals surface area contributed by atoms with Gasteiger partial charge < -0.3 is 4.52 Å². The summed E-state index contributed by atoms with van der Waals surface area (Å²) in [5.74, 6) is 0.463. The molecule has 0 aliphatic rings. The van der Waals surface area contributed by atoms with Crippen molar-refractivity contribution < 1.29 is 17.7 Å². The second-order valence-electron chi connectivity index (χ2n) is 3.65. The van der Waals surface area contributed by atoms with E-state index >= 15 is 0 Å². The maximum absolute atomic E-state index is 12.5. The third kappa shape index (κ3) is 2.72. The molecule has 3 nitrogen and oxygen atoms in total. The van der Waals surface area contributed by atoms with E-state index in [1.165, 1.54) is 12.1 Å². The highest BCUT2D eigenvalue weighted by atomic mass is 79.9. The van der Waals surface area contributed by atoms with Gasteiger partial charge in [0, 0.05) is 5.56 Å². The van der Waals surface area contributed by atoms with Crippen molar-refractivity contribution in [1.29, 1.82) is 0 Å². The van der Waals surface area contributed by atoms with Crippen LogP contribution < -0.4 is 0 Å². The SMILES string of the molecule is C[C@@H](Br)c1nc(-c2cccc(C(F)(F)F)c2)no1. The molecule has 0 N–H and O–H groups in total. The third-order valence-corrected chi connectivity index (χ3v) is 2.62. The van der Waals surface area contributed by atoms with E-state index in [9.17, 15) is 13.2 Å². The molecule has 0 saturated heterocycles. The second-order valence-corrected chi connectivity index (χ2v) is 5.02. The highest BCUT2D eigenvalue weighted by molar-refractivity contribution is 9.09. The molecule has 0 aliphatic carbocycles. The molecule has 1 aromatic heterocycles. The number of hydrogen-bond donors (Lipinski definition) is 0. The van der Waals surface area contributed by atoms with Crippen LogP contribution in [0.4, 0.5) is 13.2 Å². The lowest BCUT2D eigenvalue weighted by atomic mass is 10.1. The van der Waals surface area contributed by atoms with Crippen molar-refractivity contribution in [2.45, 2.75) is 17.9 Å². The van der Waals surface area contributed by atoms with Crippen molar-refractivity contribution >= 4 is 15.9 Å². The van der Waals surface area contributed by atoms with Crippen molar-refractivity contribution in [3.8, 4) is 11.4 Å². The van der Waals surface area contributed by atoms with E-state index in [0.717, 1.165) is 12.1 Å². The minimum Gasteiger partial charge on any atom is -0.338 e. The Kier molecular flexibility index (Phi) is 3.43. The molecule has 1 atom stereocenters. The molecule has 0 radical (unpaired) electrons. The summed E-state index contributed by atoms with van der Waals surface area (Å²) in [6, 6.07) is 4.81. The van der Waals surface area contributed by atoms with Gasteiger partial charge in [-0.05, 0) is 19.1 Å². The molecule has 1 aromatic carbocycles. The van der Waals surface area contributed by atoms with Crippen molar-refractivity contribution in [2.75, 3.05) is 0 Å². The van der Waals surface area contributed by atoms with Gasteiger partial charge in [0.05, 0.1) is 10.4 Å². The first-order chi connectivity index (χ1) is 8.38. The van der Waals surface area contributed by atoms with Crippen LogP contribution in [0.1, 0.15) is 23.2 Å². The highest BCUT2D eigenvalue weighted by Gasteiger charge is 2.30. The first-order valence-electron chi connectivity index (χ1n) is 5.03. The predicted octanol–water partition coefficient (Wildman–Crippen LogP) is 4.21. The minimum atomic E-state index is -4.38. The maximum Gasteiger partial charge on any atom is 0.416 e. The zero-order valence-electron chi connectivity index (χ0n) is 9.20. The Labute approximate surface area is 109 Å². The lowest BCUT2D eigenvalue weighted by Gasteiger charge is -2.06. The molecule has 2 aromatic rings. The van der Waals surface area contributed by atoms with Crippen LogP contribution in [0.2, 0.25) is 0 Å². The first kappa shape index (κ1) is 13.1. The Morgan fingerprint density at radius 3 is 2.61 bits per heavy atom. The molecule has 0 aliphatic heterocycles. The summed E-state index contributed by atoms with van der Waals surface area (Å²) in [6.07, 6.45) is -4.38. The zero-order valence-corrected chi connectivity index (χ0v) is 10.8. The molecular formula is C11H8BrF3N2O. The van der Waals surface area contributed by atoms with Gasteiger partial charge in [0.2, 0.25) is 11.7 Å². The van der Waals surface area contributed by atoms with E-state index in [0.29, 0.717) is 5.89 Å². The summed E-state index contributed by atoms with van der Waals surface area (Å²) in [4.78, 5) is 3.86. The Bertz CT molecular complexity index is 551. The maximum atomic E-state index is 12.5. The van der Waals surface area contributed by atoms with Gasteiger partial charge in [-0.25, -0.2) is 0 Å². The molecule has 7 heteroatoms. The molecule has 18 heavy (non-hydrogen) atoms. The van der Waals surface area contributed by atoms with Crippen molar-refractivity contribution in [3.05, 3.63) is 35.7 Å². The van der Waals surface area contributed by atoms with Gasteiger partial charge >= 0.3 is 6.18 Å². The average molecular weight is 321 g/mol. The normalized spacial score (nSPS) is 13.6. The molecule has 0 spiro atoms. The van der Waals surface area contributed by atoms with E-state index in [1.54, 1.807) is 6.92 Å². The van der Waals surface area contributed by atoms with Gasteiger partial charge in [-0.2, -0.15) is 18.2 Å². The van der Waals surface area contributed by atoms with Crippen LogP contribution in [0.15, 0.2) is 28.8 Å². The van der Waals surface area contributed by atoms with E-state index in [1.807, 2.05) is 0 Å². The molecule has 1 heterocycles. The molecule has 0 fully saturated rings. The number of benzene rings is 1. The Morgan fingerprint density at radius 2 is 2.06 bits per heavy atom. The molecule has 0 unspecified atom stereocenters. The number of hydrogen-bond acceptors (Lipinski definition) is 3. The Balaban J connectivity index is 2.38. The van der Waals surface area contributed by atoms with Gasteiger partial charge in [0.15, 0.2) is 0 Å². The summed E-state index contributed by atoms with van der Waals surface area (Å²) in [7, 11) is 0. The third-order valence-electron chi connectivity index (χ3n) is 2.23. The van der Waals surface area contributed by atoms with Crippen LogP contribution in [0.5, 0.6) is 0 Å². The predicted molar refractivity (Wildman–Crippen MR) is 62.1 cm³/mol. The lowest BCUT2D eigenvalue weighted by Crippen LogP contribution is -2.04. The van der Waals surface area contributed by atoms with Crippen LogP contribution in [-0.4, -0.2) is 10.1 Å². The van der Waals surface area contributed by atoms with Crippen LogP contribution in [0, 0.1) is 0 Å². The molecule has 0 bridgehead atoms. The Hall–Kier alpha value is -1.37. The molecule has 2 rings (SSSR count). The first-order valence-corrected chi connectivity index (χ1v) is 5.95. The topological polar surface area (TPSA) is 38.9 Å². The number of halogens is 4. The number of aromatic nitrogens is 2. The smallest absolute Gasteiger partial charge is 0.338 e. The van der Waals surface area contributed by atoms with Crippen molar-refractivity contribution in [2.24, 2.45) is 0 Å². The lowest BCUT2D eigenvalue weighted by molar-refractivity contribution is -0.137. The van der Waals surface area contributed by atoms with Crippen molar-refractivity contribution in [1.82, 2.24) is 10.1 Å². The number of rotatable bonds is 2. The minimum absolute atomic E-state index is 0.141. The van der Waals surface area contributed by atoms with Gasteiger partial charge in [-0.15, -0.1) is 0 Å². The van der Waals surface area contributed by atoms with Crippen LogP contribution in [0.3, 0.4) is 0 Å². The second kappa shape index (κ2) is 4.72. The quantitative estimate of drug-likeness (QED) is 0.778. The van der Waals surface area contributed by atoms with Crippen LogP contribution in [0.25, 0.3) is 11.4 Å². The largest absolute Gasteiger partial charge is 0.416 e. The summed E-state index contributed by atoms with van der Waals surface area (Å²) in [5.41, 5.74) is -0.466. The summed E-state index contributed by atoms with van der Waals surface area (Å²) >= 11 is 3.24. The van der Waals surface area contributed by atoms with Crippen LogP contribution in [-0.2, 0) is 6.18 Å².